The lowest BCUT2D eigenvalue weighted by Gasteiger charge is -2.05. The zero-order valence-electron chi connectivity index (χ0n) is 11.9. The highest BCUT2D eigenvalue weighted by Crippen LogP contribution is 2.19. The number of hydrogen-bond acceptors (Lipinski definition) is 5. The van der Waals surface area contributed by atoms with Crippen LogP contribution in [0.25, 0.3) is 0 Å². The molecule has 1 N–H and O–H groups in total. The quantitative estimate of drug-likeness (QED) is 0.759. The fraction of sp³-hybridized carbons (Fsp3) is 0.400. The third kappa shape index (κ3) is 4.51. The molecule has 0 aliphatic carbocycles. The lowest BCUT2D eigenvalue weighted by Crippen LogP contribution is -2.12. The molecule has 20 heavy (non-hydrogen) atoms. The summed E-state index contributed by atoms with van der Waals surface area (Å²) in [4.78, 5) is 5.61. The average molecular weight is 292 g/mol. The number of methoxy groups -OCH3 is 1. The first-order chi connectivity index (χ1) is 9.81. The van der Waals surface area contributed by atoms with E-state index in [2.05, 4.69) is 17.2 Å². The van der Waals surface area contributed by atoms with Gasteiger partial charge in [0.25, 0.3) is 0 Å². The van der Waals surface area contributed by atoms with Gasteiger partial charge < -0.3 is 14.8 Å². The fourth-order valence-corrected chi connectivity index (χ4v) is 2.51. The molecule has 2 aromatic rings. The summed E-state index contributed by atoms with van der Waals surface area (Å²) < 4.78 is 10.8. The smallest absolute Gasteiger partial charge is 0.140 e. The molecule has 0 bridgehead atoms. The van der Waals surface area contributed by atoms with Crippen LogP contribution < -0.4 is 14.8 Å². The van der Waals surface area contributed by atoms with Crippen LogP contribution in [-0.2, 0) is 13.2 Å². The van der Waals surface area contributed by atoms with Gasteiger partial charge in [-0.1, -0.05) is 6.92 Å². The summed E-state index contributed by atoms with van der Waals surface area (Å²) in [5.41, 5.74) is 0. The van der Waals surface area contributed by atoms with Gasteiger partial charge in [-0.3, -0.25) is 0 Å². The van der Waals surface area contributed by atoms with Crippen LogP contribution in [0.4, 0.5) is 0 Å². The highest BCUT2D eigenvalue weighted by molar-refractivity contribution is 7.11. The number of aromatic nitrogens is 1. The summed E-state index contributed by atoms with van der Waals surface area (Å²) in [5.74, 6) is 1.66. The van der Waals surface area contributed by atoms with Crippen molar-refractivity contribution in [2.75, 3.05) is 13.7 Å². The van der Waals surface area contributed by atoms with E-state index in [4.69, 9.17) is 9.47 Å². The standard InChI is InChI=1S/C15H20N2O2S/c1-3-8-16-9-14-10-17-15(20-14)11-19-13-6-4-12(18-2)5-7-13/h4-7,10,16H,3,8-9,11H2,1-2H3. The summed E-state index contributed by atoms with van der Waals surface area (Å²) >= 11 is 1.69. The van der Waals surface area contributed by atoms with E-state index < -0.39 is 0 Å². The first kappa shape index (κ1) is 14.8. The molecular formula is C15H20N2O2S. The molecule has 0 saturated carbocycles. The third-order valence-electron chi connectivity index (χ3n) is 2.75. The Labute approximate surface area is 123 Å². The van der Waals surface area contributed by atoms with E-state index in [1.165, 1.54) is 4.88 Å². The highest BCUT2D eigenvalue weighted by Gasteiger charge is 2.03. The molecule has 4 nitrogen and oxygen atoms in total. The Morgan fingerprint density at radius 1 is 1.20 bits per heavy atom. The Kier molecular flexibility index (Phi) is 5.83. The van der Waals surface area contributed by atoms with E-state index >= 15 is 0 Å². The van der Waals surface area contributed by atoms with Gasteiger partial charge in [0, 0.05) is 17.6 Å². The zero-order chi connectivity index (χ0) is 14.2. The number of ether oxygens (including phenoxy) is 2. The van der Waals surface area contributed by atoms with E-state index in [9.17, 15) is 0 Å². The topological polar surface area (TPSA) is 43.4 Å². The van der Waals surface area contributed by atoms with Crippen LogP contribution in [0.2, 0.25) is 0 Å². The third-order valence-corrected chi connectivity index (χ3v) is 3.72. The van der Waals surface area contributed by atoms with Crippen molar-refractivity contribution in [3.05, 3.63) is 40.3 Å². The van der Waals surface area contributed by atoms with Crippen LogP contribution >= 0.6 is 11.3 Å². The van der Waals surface area contributed by atoms with Gasteiger partial charge in [0.05, 0.1) is 7.11 Å². The van der Waals surface area contributed by atoms with Crippen LogP contribution in [0.15, 0.2) is 30.5 Å². The van der Waals surface area contributed by atoms with Crippen molar-refractivity contribution < 1.29 is 9.47 Å². The first-order valence-electron chi connectivity index (χ1n) is 6.73. The predicted molar refractivity (Wildman–Crippen MR) is 81.4 cm³/mol. The normalized spacial score (nSPS) is 10.5. The van der Waals surface area contributed by atoms with Crippen LogP contribution in [-0.4, -0.2) is 18.6 Å². The van der Waals surface area contributed by atoms with Gasteiger partial charge in [-0.25, -0.2) is 4.98 Å². The molecular weight excluding hydrogens is 272 g/mol. The molecule has 0 saturated heterocycles. The molecule has 0 aliphatic heterocycles. The maximum Gasteiger partial charge on any atom is 0.140 e. The zero-order valence-corrected chi connectivity index (χ0v) is 12.7. The van der Waals surface area contributed by atoms with Gasteiger partial charge in [0.2, 0.25) is 0 Å². The molecule has 0 spiro atoms. The number of thiazole rings is 1. The monoisotopic (exact) mass is 292 g/mol. The van der Waals surface area contributed by atoms with Crippen molar-refractivity contribution >= 4 is 11.3 Å². The highest BCUT2D eigenvalue weighted by atomic mass is 32.1. The van der Waals surface area contributed by atoms with E-state index in [1.807, 2.05) is 30.5 Å². The minimum absolute atomic E-state index is 0.505. The summed E-state index contributed by atoms with van der Waals surface area (Å²) in [7, 11) is 1.65. The molecule has 5 heteroatoms. The van der Waals surface area contributed by atoms with E-state index in [0.29, 0.717) is 6.61 Å². The summed E-state index contributed by atoms with van der Waals surface area (Å²) in [6.07, 6.45) is 3.06. The first-order valence-corrected chi connectivity index (χ1v) is 7.54. The number of benzene rings is 1. The number of nitrogens with zero attached hydrogens (tertiary/aromatic N) is 1. The van der Waals surface area contributed by atoms with Gasteiger partial charge in [-0.05, 0) is 37.2 Å². The Morgan fingerprint density at radius 2 is 1.95 bits per heavy atom. The summed E-state index contributed by atoms with van der Waals surface area (Å²) in [6, 6.07) is 7.57. The molecule has 108 valence electrons. The van der Waals surface area contributed by atoms with E-state index in [1.54, 1.807) is 18.4 Å². The van der Waals surface area contributed by atoms with E-state index in [0.717, 1.165) is 36.0 Å². The molecule has 1 aromatic carbocycles. The molecule has 2 rings (SSSR count). The Hall–Kier alpha value is -1.59. The van der Waals surface area contributed by atoms with Crippen molar-refractivity contribution in [1.29, 1.82) is 0 Å². The molecule has 1 aromatic heterocycles. The molecule has 0 amide bonds. The van der Waals surface area contributed by atoms with Gasteiger partial charge in [-0.2, -0.15) is 0 Å². The van der Waals surface area contributed by atoms with Crippen LogP contribution in [0.1, 0.15) is 23.2 Å². The predicted octanol–water partition coefficient (Wildman–Crippen LogP) is 3.23. The Bertz CT molecular complexity index is 511. The molecule has 1 heterocycles. The maximum atomic E-state index is 5.70. The van der Waals surface area contributed by atoms with Crippen LogP contribution in [0.5, 0.6) is 11.5 Å². The SMILES string of the molecule is CCCNCc1cnc(COc2ccc(OC)cc2)s1. The lowest BCUT2D eigenvalue weighted by molar-refractivity contribution is 0.305. The van der Waals surface area contributed by atoms with Gasteiger partial charge in [0.1, 0.15) is 23.1 Å². The van der Waals surface area contributed by atoms with Gasteiger partial charge in [0.15, 0.2) is 0 Å². The van der Waals surface area contributed by atoms with Crippen molar-refractivity contribution in [2.45, 2.75) is 26.5 Å². The maximum absolute atomic E-state index is 5.70. The Morgan fingerprint density at radius 3 is 2.65 bits per heavy atom. The van der Waals surface area contributed by atoms with E-state index in [-0.39, 0.29) is 0 Å². The number of rotatable bonds is 8. The minimum atomic E-state index is 0.505. The van der Waals surface area contributed by atoms with Crippen molar-refractivity contribution in [1.82, 2.24) is 10.3 Å². The van der Waals surface area contributed by atoms with Crippen molar-refractivity contribution in [2.24, 2.45) is 0 Å². The lowest BCUT2D eigenvalue weighted by atomic mass is 10.3. The largest absolute Gasteiger partial charge is 0.497 e. The molecule has 0 radical (unpaired) electrons. The number of nitrogens with one attached hydrogen (secondary N) is 1. The van der Waals surface area contributed by atoms with Crippen molar-refractivity contribution in [3.63, 3.8) is 0 Å². The van der Waals surface area contributed by atoms with Crippen LogP contribution in [0, 0.1) is 0 Å². The second kappa shape index (κ2) is 7.87. The molecule has 0 atom stereocenters. The van der Waals surface area contributed by atoms with Gasteiger partial charge in [-0.15, -0.1) is 11.3 Å². The molecule has 0 aliphatic rings. The second-order valence-electron chi connectivity index (χ2n) is 4.36. The summed E-state index contributed by atoms with van der Waals surface area (Å²) in [6.45, 7) is 4.59. The minimum Gasteiger partial charge on any atom is -0.497 e. The molecule has 0 unspecified atom stereocenters. The summed E-state index contributed by atoms with van der Waals surface area (Å²) in [5, 5.41) is 4.36. The van der Waals surface area contributed by atoms with Crippen LogP contribution in [0.3, 0.4) is 0 Å². The fourth-order valence-electron chi connectivity index (χ4n) is 1.70. The van der Waals surface area contributed by atoms with Crippen molar-refractivity contribution in [3.8, 4) is 11.5 Å². The molecule has 0 fully saturated rings. The average Bonchev–Trinajstić information content (AvgIpc) is 2.94. The van der Waals surface area contributed by atoms with Gasteiger partial charge >= 0.3 is 0 Å². The Balaban J connectivity index is 1.81. The number of hydrogen-bond donors (Lipinski definition) is 1. The second-order valence-corrected chi connectivity index (χ2v) is 5.56.